The van der Waals surface area contributed by atoms with E-state index in [1.165, 1.54) is 16.8 Å². The van der Waals surface area contributed by atoms with Crippen LogP contribution < -0.4 is 5.73 Å². The van der Waals surface area contributed by atoms with E-state index in [0.717, 1.165) is 25.0 Å². The van der Waals surface area contributed by atoms with Gasteiger partial charge in [-0.05, 0) is 37.0 Å². The Hall–Kier alpha value is -1.61. The molecule has 0 amide bonds. The summed E-state index contributed by atoms with van der Waals surface area (Å²) in [5, 5.41) is 4.50. The molecule has 0 saturated heterocycles. The average Bonchev–Trinajstić information content (AvgIpc) is 2.79. The zero-order chi connectivity index (χ0) is 14.8. The molecule has 0 aliphatic heterocycles. The summed E-state index contributed by atoms with van der Waals surface area (Å²) in [4.78, 5) is 0. The van der Waals surface area contributed by atoms with Gasteiger partial charge in [0.2, 0.25) is 0 Å². The molecule has 20 heavy (non-hydrogen) atoms. The number of hydrogen-bond donors (Lipinski definition) is 1. The Morgan fingerprint density at radius 1 is 1.15 bits per heavy atom. The lowest BCUT2D eigenvalue weighted by Crippen LogP contribution is -2.36. The number of benzene rings is 1. The molecule has 2 N–H and O–H groups in total. The van der Waals surface area contributed by atoms with Gasteiger partial charge in [0.1, 0.15) is 0 Å². The predicted octanol–water partition coefficient (Wildman–Crippen LogP) is 2.96. The van der Waals surface area contributed by atoms with Crippen LogP contribution in [0.2, 0.25) is 0 Å². The molecule has 3 heteroatoms. The van der Waals surface area contributed by atoms with Crippen molar-refractivity contribution in [2.45, 2.75) is 45.6 Å². The highest BCUT2D eigenvalue weighted by Gasteiger charge is 2.23. The van der Waals surface area contributed by atoms with Gasteiger partial charge in [-0.2, -0.15) is 5.10 Å². The largest absolute Gasteiger partial charge is 0.321 e. The van der Waals surface area contributed by atoms with Gasteiger partial charge >= 0.3 is 0 Å². The first kappa shape index (κ1) is 14.8. The Morgan fingerprint density at radius 2 is 1.80 bits per heavy atom. The Labute approximate surface area is 121 Å². The molecule has 108 valence electrons. The average molecular weight is 271 g/mol. The number of aryl methyl sites for hydroxylation is 3. The van der Waals surface area contributed by atoms with Crippen LogP contribution in [0.4, 0.5) is 0 Å². The fourth-order valence-electron chi connectivity index (χ4n) is 2.51. The Bertz CT molecular complexity index is 564. The first-order valence-corrected chi connectivity index (χ1v) is 7.36. The number of rotatable bonds is 5. The van der Waals surface area contributed by atoms with Crippen LogP contribution in [-0.4, -0.2) is 9.78 Å². The number of nitrogens with zero attached hydrogens (tertiary/aromatic N) is 2. The molecular formula is C17H25N3. The van der Waals surface area contributed by atoms with E-state index in [-0.39, 0.29) is 5.54 Å². The fraction of sp³-hybridized carbons (Fsp3) is 0.471. The molecule has 0 fully saturated rings. The van der Waals surface area contributed by atoms with Crippen molar-refractivity contribution in [1.29, 1.82) is 0 Å². The Balaban J connectivity index is 2.22. The van der Waals surface area contributed by atoms with Crippen LogP contribution in [0.15, 0.2) is 30.3 Å². The molecule has 1 aromatic heterocycles. The van der Waals surface area contributed by atoms with Crippen molar-refractivity contribution >= 4 is 0 Å². The third-order valence-electron chi connectivity index (χ3n) is 3.96. The second-order valence-corrected chi connectivity index (χ2v) is 5.75. The molecular weight excluding hydrogens is 246 g/mol. The molecule has 1 aromatic carbocycles. The molecule has 0 bridgehead atoms. The molecule has 0 spiro atoms. The van der Waals surface area contributed by atoms with Gasteiger partial charge in [0.25, 0.3) is 0 Å². The van der Waals surface area contributed by atoms with E-state index in [9.17, 15) is 0 Å². The summed E-state index contributed by atoms with van der Waals surface area (Å²) < 4.78 is 1.95. The van der Waals surface area contributed by atoms with Gasteiger partial charge in [0.15, 0.2) is 0 Å². The summed E-state index contributed by atoms with van der Waals surface area (Å²) in [7, 11) is 1.99. The van der Waals surface area contributed by atoms with E-state index < -0.39 is 0 Å². The van der Waals surface area contributed by atoms with Crippen molar-refractivity contribution in [2.24, 2.45) is 12.8 Å². The maximum absolute atomic E-state index is 6.54. The molecule has 0 aliphatic rings. The van der Waals surface area contributed by atoms with Crippen molar-refractivity contribution < 1.29 is 0 Å². The van der Waals surface area contributed by atoms with Crippen LogP contribution in [0.5, 0.6) is 0 Å². The van der Waals surface area contributed by atoms with Gasteiger partial charge in [0, 0.05) is 24.7 Å². The second-order valence-electron chi connectivity index (χ2n) is 5.75. The highest BCUT2D eigenvalue weighted by Crippen LogP contribution is 2.23. The Kier molecular flexibility index (Phi) is 4.29. The summed E-state index contributed by atoms with van der Waals surface area (Å²) in [5.74, 6) is 0. The van der Waals surface area contributed by atoms with Gasteiger partial charge < -0.3 is 5.73 Å². The van der Waals surface area contributed by atoms with Crippen LogP contribution >= 0.6 is 0 Å². The molecule has 2 rings (SSSR count). The van der Waals surface area contributed by atoms with E-state index in [1.54, 1.807) is 0 Å². The van der Waals surface area contributed by atoms with Crippen LogP contribution in [0.1, 0.15) is 43.3 Å². The monoisotopic (exact) mass is 271 g/mol. The van der Waals surface area contributed by atoms with Crippen molar-refractivity contribution in [1.82, 2.24) is 9.78 Å². The standard InChI is InChI=1S/C17H25N3/c1-5-13-7-9-14(10-8-13)17(3,18)12-16-11-15(6-2)19-20(16)4/h7-11H,5-6,12,18H2,1-4H3. The number of aromatic nitrogens is 2. The third-order valence-corrected chi connectivity index (χ3v) is 3.96. The van der Waals surface area contributed by atoms with E-state index >= 15 is 0 Å². The molecule has 1 unspecified atom stereocenters. The van der Waals surface area contributed by atoms with E-state index in [0.29, 0.717) is 0 Å². The summed E-state index contributed by atoms with van der Waals surface area (Å²) in [5.41, 5.74) is 11.0. The van der Waals surface area contributed by atoms with Crippen molar-refractivity contribution in [3.8, 4) is 0 Å². The van der Waals surface area contributed by atoms with Crippen LogP contribution in [-0.2, 0) is 31.8 Å². The smallest absolute Gasteiger partial charge is 0.0624 e. The van der Waals surface area contributed by atoms with Crippen molar-refractivity contribution in [3.05, 3.63) is 52.8 Å². The molecule has 3 nitrogen and oxygen atoms in total. The topological polar surface area (TPSA) is 43.8 Å². The highest BCUT2D eigenvalue weighted by molar-refractivity contribution is 5.29. The molecule has 2 aromatic rings. The lowest BCUT2D eigenvalue weighted by atomic mass is 9.87. The van der Waals surface area contributed by atoms with E-state index in [2.05, 4.69) is 56.2 Å². The predicted molar refractivity (Wildman–Crippen MR) is 83.6 cm³/mol. The second kappa shape index (κ2) is 5.80. The molecule has 0 saturated carbocycles. The summed E-state index contributed by atoms with van der Waals surface area (Å²) >= 11 is 0. The molecule has 0 aliphatic carbocycles. The maximum Gasteiger partial charge on any atom is 0.0624 e. The van der Waals surface area contributed by atoms with Crippen molar-refractivity contribution in [3.63, 3.8) is 0 Å². The number of hydrogen-bond acceptors (Lipinski definition) is 2. The van der Waals surface area contributed by atoms with Crippen molar-refractivity contribution in [2.75, 3.05) is 0 Å². The molecule has 0 radical (unpaired) electrons. The van der Waals surface area contributed by atoms with Gasteiger partial charge in [-0.1, -0.05) is 38.1 Å². The van der Waals surface area contributed by atoms with E-state index in [4.69, 9.17) is 5.73 Å². The summed E-state index contributed by atoms with van der Waals surface area (Å²) in [6.07, 6.45) is 2.81. The van der Waals surface area contributed by atoms with Gasteiger partial charge in [-0.3, -0.25) is 4.68 Å². The maximum atomic E-state index is 6.54. The Morgan fingerprint density at radius 3 is 2.30 bits per heavy atom. The molecule has 1 atom stereocenters. The minimum absolute atomic E-state index is 0.370. The lowest BCUT2D eigenvalue weighted by molar-refractivity contribution is 0.472. The lowest BCUT2D eigenvalue weighted by Gasteiger charge is -2.25. The van der Waals surface area contributed by atoms with Crippen LogP contribution in [0, 0.1) is 0 Å². The first-order valence-electron chi connectivity index (χ1n) is 7.36. The summed E-state index contributed by atoms with van der Waals surface area (Å²) in [6, 6.07) is 10.8. The third kappa shape index (κ3) is 3.10. The van der Waals surface area contributed by atoms with E-state index in [1.807, 2.05) is 11.7 Å². The minimum Gasteiger partial charge on any atom is -0.321 e. The molecule has 1 heterocycles. The number of nitrogens with two attached hydrogens (primary N) is 1. The quantitative estimate of drug-likeness (QED) is 0.908. The van der Waals surface area contributed by atoms with Gasteiger partial charge in [-0.25, -0.2) is 0 Å². The zero-order valence-corrected chi connectivity index (χ0v) is 13.0. The SMILES string of the molecule is CCc1ccc(C(C)(N)Cc2cc(CC)nn2C)cc1. The fourth-order valence-corrected chi connectivity index (χ4v) is 2.51. The minimum atomic E-state index is -0.370. The summed E-state index contributed by atoms with van der Waals surface area (Å²) in [6.45, 7) is 6.38. The van der Waals surface area contributed by atoms with Crippen LogP contribution in [0.3, 0.4) is 0 Å². The first-order chi connectivity index (χ1) is 9.46. The van der Waals surface area contributed by atoms with Gasteiger partial charge in [0.05, 0.1) is 5.69 Å². The van der Waals surface area contributed by atoms with Crippen LogP contribution in [0.25, 0.3) is 0 Å². The highest BCUT2D eigenvalue weighted by atomic mass is 15.3. The zero-order valence-electron chi connectivity index (χ0n) is 13.0. The van der Waals surface area contributed by atoms with Gasteiger partial charge in [-0.15, -0.1) is 0 Å². The normalized spacial score (nSPS) is 14.2.